The minimum Gasteiger partial charge on any atom is -0.394 e. The van der Waals surface area contributed by atoms with Crippen LogP contribution in [0.3, 0.4) is 0 Å². The van der Waals surface area contributed by atoms with Gasteiger partial charge in [-0.2, -0.15) is 0 Å². The molecule has 0 saturated carbocycles. The summed E-state index contributed by atoms with van der Waals surface area (Å²) in [5.41, 5.74) is -0.908. The van der Waals surface area contributed by atoms with Gasteiger partial charge < -0.3 is 14.4 Å². The van der Waals surface area contributed by atoms with Gasteiger partial charge >= 0.3 is 0 Å². The minimum absolute atomic E-state index is 0.0517. The standard InChI is InChI=1S/C13H20N2O5/c1-9-4-11(17)15(20-9)12(18)6-14-5-10(7-16)19-13(2,3)8-14/h4,10,16H,5-8H2,1-3H3. The fourth-order valence-corrected chi connectivity index (χ4v) is 2.51. The van der Waals surface area contributed by atoms with E-state index in [2.05, 4.69) is 0 Å². The molecule has 1 unspecified atom stereocenters. The molecule has 20 heavy (non-hydrogen) atoms. The fourth-order valence-electron chi connectivity index (χ4n) is 2.51. The van der Waals surface area contributed by atoms with E-state index in [-0.39, 0.29) is 19.3 Å². The zero-order valence-electron chi connectivity index (χ0n) is 12.0. The van der Waals surface area contributed by atoms with Crippen molar-refractivity contribution in [2.24, 2.45) is 0 Å². The largest absolute Gasteiger partial charge is 0.394 e. The molecule has 0 bridgehead atoms. The van der Waals surface area contributed by atoms with E-state index in [1.807, 2.05) is 18.7 Å². The maximum atomic E-state index is 12.1. The van der Waals surface area contributed by atoms with E-state index in [1.165, 1.54) is 6.07 Å². The monoisotopic (exact) mass is 284 g/mol. The number of aliphatic hydroxyl groups excluding tert-OH is 1. The van der Waals surface area contributed by atoms with E-state index in [1.54, 1.807) is 6.92 Å². The van der Waals surface area contributed by atoms with Crippen LogP contribution in [-0.2, 0) is 4.74 Å². The molecule has 1 fully saturated rings. The first kappa shape index (κ1) is 15.0. The van der Waals surface area contributed by atoms with E-state index in [9.17, 15) is 14.7 Å². The van der Waals surface area contributed by atoms with E-state index in [0.717, 1.165) is 4.74 Å². The van der Waals surface area contributed by atoms with Gasteiger partial charge in [0.2, 0.25) is 0 Å². The van der Waals surface area contributed by atoms with Gasteiger partial charge in [0.05, 0.1) is 24.9 Å². The van der Waals surface area contributed by atoms with E-state index in [4.69, 9.17) is 9.26 Å². The number of rotatable bonds is 3. The van der Waals surface area contributed by atoms with Gasteiger partial charge in [0.15, 0.2) is 0 Å². The molecular formula is C13H20N2O5. The number of aryl methyl sites for hydroxylation is 1. The van der Waals surface area contributed by atoms with Gasteiger partial charge in [-0.3, -0.25) is 14.5 Å². The van der Waals surface area contributed by atoms with Crippen molar-refractivity contribution in [1.29, 1.82) is 0 Å². The lowest BCUT2D eigenvalue weighted by molar-refractivity contribution is -0.147. The lowest BCUT2D eigenvalue weighted by Gasteiger charge is -2.41. The van der Waals surface area contributed by atoms with Crippen LogP contribution in [-0.4, -0.2) is 58.6 Å². The second kappa shape index (κ2) is 5.51. The van der Waals surface area contributed by atoms with Gasteiger partial charge in [0.1, 0.15) is 5.76 Å². The molecule has 1 saturated heterocycles. The van der Waals surface area contributed by atoms with Gasteiger partial charge in [0.25, 0.3) is 11.5 Å². The fraction of sp³-hybridized carbons (Fsp3) is 0.692. The topological polar surface area (TPSA) is 84.9 Å². The number of aromatic nitrogens is 1. The first-order valence-corrected chi connectivity index (χ1v) is 6.55. The molecule has 1 atom stereocenters. The number of ether oxygens (including phenoxy) is 1. The molecule has 0 aromatic carbocycles. The lowest BCUT2D eigenvalue weighted by atomic mass is 10.1. The Morgan fingerprint density at radius 2 is 2.25 bits per heavy atom. The predicted molar refractivity (Wildman–Crippen MR) is 70.8 cm³/mol. The van der Waals surface area contributed by atoms with Crippen molar-refractivity contribution in [2.45, 2.75) is 32.5 Å². The third-order valence-electron chi connectivity index (χ3n) is 3.10. The third-order valence-corrected chi connectivity index (χ3v) is 3.10. The van der Waals surface area contributed by atoms with Gasteiger partial charge in [-0.15, -0.1) is 4.74 Å². The summed E-state index contributed by atoms with van der Waals surface area (Å²) >= 11 is 0. The number of carbonyl (C=O) groups excluding carboxylic acids is 1. The first-order valence-electron chi connectivity index (χ1n) is 6.55. The quantitative estimate of drug-likeness (QED) is 0.831. The van der Waals surface area contributed by atoms with Crippen molar-refractivity contribution >= 4 is 5.91 Å². The summed E-state index contributed by atoms with van der Waals surface area (Å²) in [6.07, 6.45) is -0.332. The number of hydrogen-bond donors (Lipinski definition) is 1. The van der Waals surface area contributed by atoms with Crippen molar-refractivity contribution in [3.05, 3.63) is 22.2 Å². The summed E-state index contributed by atoms with van der Waals surface area (Å²) in [4.78, 5) is 25.5. The van der Waals surface area contributed by atoms with Crippen LogP contribution >= 0.6 is 0 Å². The van der Waals surface area contributed by atoms with Crippen molar-refractivity contribution in [2.75, 3.05) is 26.2 Å². The van der Waals surface area contributed by atoms with Crippen LogP contribution in [0.5, 0.6) is 0 Å². The average molecular weight is 284 g/mol. The SMILES string of the molecule is Cc1cc(=O)n(C(=O)CN2CC(CO)OC(C)(C)C2)o1. The van der Waals surface area contributed by atoms with Gasteiger partial charge in [-0.05, 0) is 20.8 Å². The van der Waals surface area contributed by atoms with Crippen LogP contribution in [0.2, 0.25) is 0 Å². The molecule has 2 rings (SSSR count). The summed E-state index contributed by atoms with van der Waals surface area (Å²) in [7, 11) is 0. The van der Waals surface area contributed by atoms with Crippen molar-refractivity contribution in [3.63, 3.8) is 0 Å². The molecule has 1 N–H and O–H groups in total. The van der Waals surface area contributed by atoms with E-state index >= 15 is 0 Å². The van der Waals surface area contributed by atoms with Crippen LogP contribution in [0.4, 0.5) is 0 Å². The predicted octanol–water partition coefficient (Wildman–Crippen LogP) is -0.138. The maximum absolute atomic E-state index is 12.1. The smallest absolute Gasteiger partial charge is 0.290 e. The third kappa shape index (κ3) is 3.36. The minimum atomic E-state index is -0.460. The van der Waals surface area contributed by atoms with Crippen LogP contribution in [0, 0.1) is 6.92 Å². The zero-order valence-corrected chi connectivity index (χ0v) is 12.0. The van der Waals surface area contributed by atoms with Crippen molar-refractivity contribution in [3.8, 4) is 0 Å². The molecule has 0 radical (unpaired) electrons. The molecule has 0 amide bonds. The highest BCUT2D eigenvalue weighted by molar-refractivity contribution is 5.79. The Kier molecular flexibility index (Phi) is 4.12. The summed E-state index contributed by atoms with van der Waals surface area (Å²) in [6.45, 7) is 6.35. The van der Waals surface area contributed by atoms with Crippen molar-refractivity contribution in [1.82, 2.24) is 9.64 Å². The Labute approximate surface area is 116 Å². The molecule has 1 aliphatic rings. The Morgan fingerprint density at radius 3 is 2.80 bits per heavy atom. The molecule has 1 aromatic heterocycles. The molecule has 2 heterocycles. The van der Waals surface area contributed by atoms with E-state index < -0.39 is 17.1 Å². The summed E-state index contributed by atoms with van der Waals surface area (Å²) < 4.78 is 11.5. The van der Waals surface area contributed by atoms with Crippen LogP contribution in [0.15, 0.2) is 15.4 Å². The van der Waals surface area contributed by atoms with Gasteiger partial charge in [-0.25, -0.2) is 0 Å². The maximum Gasteiger partial charge on any atom is 0.290 e. The summed E-state index contributed by atoms with van der Waals surface area (Å²) in [6, 6.07) is 1.28. The first-order chi connectivity index (χ1) is 9.30. The number of nitrogens with zero attached hydrogens (tertiary/aromatic N) is 2. The van der Waals surface area contributed by atoms with Crippen LogP contribution in [0.1, 0.15) is 24.4 Å². The molecule has 7 nitrogen and oxygen atoms in total. The Morgan fingerprint density at radius 1 is 1.55 bits per heavy atom. The van der Waals surface area contributed by atoms with Crippen LogP contribution in [0.25, 0.3) is 0 Å². The number of carbonyl (C=O) groups is 1. The molecule has 112 valence electrons. The Hall–Kier alpha value is -1.44. The zero-order chi connectivity index (χ0) is 14.9. The molecule has 1 aliphatic heterocycles. The Bertz CT molecular complexity index is 545. The molecule has 0 aliphatic carbocycles. The molecule has 0 spiro atoms. The lowest BCUT2D eigenvalue weighted by Crippen LogP contribution is -2.55. The second-order valence-corrected chi connectivity index (χ2v) is 5.72. The van der Waals surface area contributed by atoms with Crippen molar-refractivity contribution < 1.29 is 19.2 Å². The van der Waals surface area contributed by atoms with Crippen LogP contribution < -0.4 is 5.56 Å². The summed E-state index contributed by atoms with van der Waals surface area (Å²) in [5.74, 6) is -0.0172. The highest BCUT2D eigenvalue weighted by Crippen LogP contribution is 2.20. The van der Waals surface area contributed by atoms with Gasteiger partial charge in [0, 0.05) is 19.2 Å². The highest BCUT2D eigenvalue weighted by Gasteiger charge is 2.34. The summed E-state index contributed by atoms with van der Waals surface area (Å²) in [5, 5.41) is 9.23. The second-order valence-electron chi connectivity index (χ2n) is 5.72. The normalized spacial score (nSPS) is 22.9. The molecule has 1 aromatic rings. The molecular weight excluding hydrogens is 264 g/mol. The number of hydrogen-bond acceptors (Lipinski definition) is 6. The number of morpholine rings is 1. The highest BCUT2D eigenvalue weighted by atomic mass is 16.5. The molecule has 7 heteroatoms. The van der Waals surface area contributed by atoms with E-state index in [0.29, 0.717) is 18.8 Å². The number of aliphatic hydroxyl groups is 1. The average Bonchev–Trinajstić information content (AvgIpc) is 2.66. The Balaban J connectivity index is 2.07. The van der Waals surface area contributed by atoms with Gasteiger partial charge in [-0.1, -0.05) is 0 Å².